The van der Waals surface area contributed by atoms with E-state index in [0.717, 1.165) is 73.5 Å². The molecule has 0 amide bonds. The molecule has 10 atom stereocenters. The van der Waals surface area contributed by atoms with Gasteiger partial charge in [0.25, 0.3) is 0 Å². The van der Waals surface area contributed by atoms with Crippen LogP contribution in [0.1, 0.15) is 112 Å². The van der Waals surface area contributed by atoms with Gasteiger partial charge in [-0.2, -0.15) is 0 Å². The second-order valence-electron chi connectivity index (χ2n) is 14.2. The topological polar surface area (TPSA) is 40.5 Å². The molecule has 5 aliphatic rings. The molecule has 0 aromatic rings. The van der Waals surface area contributed by atoms with Crippen molar-refractivity contribution < 1.29 is 10.2 Å². The van der Waals surface area contributed by atoms with Crippen LogP contribution in [0.2, 0.25) is 0 Å². The SMILES string of the molecule is CC[C@]1(O)CC[C@@]2(C)C(=CC[C@H]3[C@@H]4[C@@H]5C[C@@H]5[C@H]([C@H](C)CCCC(C)(C)O)[C@@]4(C)CC[C@@H]32)C1. The highest BCUT2D eigenvalue weighted by Gasteiger charge is 2.70. The van der Waals surface area contributed by atoms with Crippen LogP contribution in [0.3, 0.4) is 0 Å². The summed E-state index contributed by atoms with van der Waals surface area (Å²) in [7, 11) is 0. The number of hydrogen-bond donors (Lipinski definition) is 2. The van der Waals surface area contributed by atoms with Crippen LogP contribution in [0.4, 0.5) is 0 Å². The van der Waals surface area contributed by atoms with Crippen LogP contribution in [-0.4, -0.2) is 21.4 Å². The van der Waals surface area contributed by atoms with Crippen molar-refractivity contribution in [2.45, 2.75) is 123 Å². The highest BCUT2D eigenvalue weighted by Crippen LogP contribution is 2.76. The lowest BCUT2D eigenvalue weighted by atomic mass is 9.45. The maximum Gasteiger partial charge on any atom is 0.0682 e. The van der Waals surface area contributed by atoms with Gasteiger partial charge in [0.2, 0.25) is 0 Å². The first-order chi connectivity index (χ1) is 14.9. The van der Waals surface area contributed by atoms with Crippen molar-refractivity contribution in [3.63, 3.8) is 0 Å². The molecule has 182 valence electrons. The van der Waals surface area contributed by atoms with Crippen molar-refractivity contribution in [2.75, 3.05) is 0 Å². The molecule has 0 aromatic carbocycles. The summed E-state index contributed by atoms with van der Waals surface area (Å²) in [6.45, 7) is 13.9. The maximum atomic E-state index is 11.0. The highest BCUT2D eigenvalue weighted by atomic mass is 16.3. The largest absolute Gasteiger partial charge is 0.390 e. The van der Waals surface area contributed by atoms with Gasteiger partial charge in [0.15, 0.2) is 0 Å². The zero-order chi connectivity index (χ0) is 23.1. The van der Waals surface area contributed by atoms with Crippen molar-refractivity contribution in [2.24, 2.45) is 52.3 Å². The minimum Gasteiger partial charge on any atom is -0.390 e. The Bertz CT molecular complexity index is 763. The third-order valence-electron chi connectivity index (χ3n) is 11.8. The van der Waals surface area contributed by atoms with Gasteiger partial charge in [0, 0.05) is 0 Å². The second kappa shape index (κ2) is 7.58. The fraction of sp³-hybridized carbons (Fsp3) is 0.933. The smallest absolute Gasteiger partial charge is 0.0682 e. The lowest BCUT2D eigenvalue weighted by Crippen LogP contribution is -2.53. The first kappa shape index (κ1) is 23.4. The van der Waals surface area contributed by atoms with E-state index in [4.69, 9.17) is 0 Å². The quantitative estimate of drug-likeness (QED) is 0.429. The Labute approximate surface area is 197 Å². The number of fused-ring (bicyclic) bond motifs is 7. The molecular weight excluding hydrogens is 392 g/mol. The molecule has 0 aromatic heterocycles. The first-order valence-corrected chi connectivity index (χ1v) is 14.1. The van der Waals surface area contributed by atoms with Crippen LogP contribution in [0.5, 0.6) is 0 Å². The molecule has 0 saturated heterocycles. The molecule has 2 N–H and O–H groups in total. The molecule has 0 aliphatic heterocycles. The minimum absolute atomic E-state index is 0.340. The van der Waals surface area contributed by atoms with Gasteiger partial charge in [-0.05, 0) is 124 Å². The van der Waals surface area contributed by atoms with E-state index in [1.807, 2.05) is 13.8 Å². The van der Waals surface area contributed by atoms with Crippen LogP contribution in [0.15, 0.2) is 11.6 Å². The summed E-state index contributed by atoms with van der Waals surface area (Å²) in [5.74, 6) is 6.30. The number of hydrogen-bond acceptors (Lipinski definition) is 2. The zero-order valence-corrected chi connectivity index (χ0v) is 21.8. The number of rotatable bonds is 6. The van der Waals surface area contributed by atoms with Gasteiger partial charge in [-0.3, -0.25) is 0 Å². The van der Waals surface area contributed by atoms with Crippen molar-refractivity contribution >= 4 is 0 Å². The summed E-state index contributed by atoms with van der Waals surface area (Å²) in [6, 6.07) is 0. The van der Waals surface area contributed by atoms with Gasteiger partial charge in [-0.25, -0.2) is 0 Å². The maximum absolute atomic E-state index is 11.0. The highest BCUT2D eigenvalue weighted by molar-refractivity contribution is 5.28. The average Bonchev–Trinajstić information content (AvgIpc) is 3.41. The molecule has 5 rings (SSSR count). The van der Waals surface area contributed by atoms with E-state index in [2.05, 4.69) is 33.8 Å². The van der Waals surface area contributed by atoms with Crippen molar-refractivity contribution in [3.05, 3.63) is 11.6 Å². The lowest BCUT2D eigenvalue weighted by molar-refractivity contribution is -0.0863. The van der Waals surface area contributed by atoms with Gasteiger partial charge in [-0.15, -0.1) is 0 Å². The fourth-order valence-corrected chi connectivity index (χ4v) is 10.1. The average molecular weight is 443 g/mol. The predicted molar refractivity (Wildman–Crippen MR) is 132 cm³/mol. The Morgan fingerprint density at radius 3 is 2.56 bits per heavy atom. The molecule has 32 heavy (non-hydrogen) atoms. The molecule has 0 unspecified atom stereocenters. The third-order valence-corrected chi connectivity index (χ3v) is 11.8. The fourth-order valence-electron chi connectivity index (χ4n) is 10.1. The van der Waals surface area contributed by atoms with Gasteiger partial charge < -0.3 is 10.2 Å². The van der Waals surface area contributed by atoms with Crippen molar-refractivity contribution in [1.29, 1.82) is 0 Å². The molecule has 2 heteroatoms. The first-order valence-electron chi connectivity index (χ1n) is 14.1. The van der Waals surface area contributed by atoms with Crippen molar-refractivity contribution in [3.8, 4) is 0 Å². The summed E-state index contributed by atoms with van der Waals surface area (Å²) in [6.07, 6.45) is 15.6. The summed E-state index contributed by atoms with van der Waals surface area (Å²) >= 11 is 0. The van der Waals surface area contributed by atoms with E-state index in [1.54, 1.807) is 5.57 Å². The molecule has 5 aliphatic carbocycles. The van der Waals surface area contributed by atoms with Gasteiger partial charge in [0.1, 0.15) is 0 Å². The molecule has 4 fully saturated rings. The molecular formula is C30H50O2. The van der Waals surface area contributed by atoms with E-state index in [1.165, 1.54) is 38.5 Å². The molecule has 0 radical (unpaired) electrons. The van der Waals surface area contributed by atoms with E-state index in [9.17, 15) is 10.2 Å². The molecule has 4 saturated carbocycles. The Morgan fingerprint density at radius 1 is 1.12 bits per heavy atom. The van der Waals surface area contributed by atoms with E-state index >= 15 is 0 Å². The predicted octanol–water partition coefficient (Wildman–Crippen LogP) is 7.14. The standard InChI is InChI=1S/C30H50O2/c1-7-30(32)16-15-28(5)20(18-30)10-11-21-24(28)12-14-29(6)25(22-17-23(22)26(21)29)19(2)9-8-13-27(3,4)31/h10,19,21-26,31-32H,7-9,11-18H2,1-6H3/t19-,21-,22+,23-,24+,25+,26-,28+,29-,30+/m1/s1. The van der Waals surface area contributed by atoms with Crippen LogP contribution in [0.25, 0.3) is 0 Å². The monoisotopic (exact) mass is 442 g/mol. The summed E-state index contributed by atoms with van der Waals surface area (Å²) in [4.78, 5) is 0. The van der Waals surface area contributed by atoms with Crippen molar-refractivity contribution in [1.82, 2.24) is 0 Å². The lowest BCUT2D eigenvalue weighted by Gasteiger charge is -2.60. The van der Waals surface area contributed by atoms with Gasteiger partial charge >= 0.3 is 0 Å². The van der Waals surface area contributed by atoms with Gasteiger partial charge in [0.05, 0.1) is 11.2 Å². The van der Waals surface area contributed by atoms with Crippen LogP contribution in [-0.2, 0) is 0 Å². The number of aliphatic hydroxyl groups is 2. The van der Waals surface area contributed by atoms with Crippen LogP contribution in [0, 0.1) is 52.3 Å². The Balaban J connectivity index is 1.35. The Hall–Kier alpha value is -0.340. The Kier molecular flexibility index (Phi) is 5.54. The minimum atomic E-state index is -0.520. The second-order valence-corrected chi connectivity index (χ2v) is 14.2. The molecule has 0 heterocycles. The van der Waals surface area contributed by atoms with Gasteiger partial charge in [-0.1, -0.05) is 52.2 Å². The third kappa shape index (κ3) is 3.57. The van der Waals surface area contributed by atoms with Crippen LogP contribution < -0.4 is 0 Å². The summed E-state index contributed by atoms with van der Waals surface area (Å²) in [5, 5.41) is 21.2. The van der Waals surface area contributed by atoms with Crippen LogP contribution >= 0.6 is 0 Å². The Morgan fingerprint density at radius 2 is 1.88 bits per heavy atom. The molecule has 0 bridgehead atoms. The molecule has 2 nitrogen and oxygen atoms in total. The summed E-state index contributed by atoms with van der Waals surface area (Å²) < 4.78 is 0. The summed E-state index contributed by atoms with van der Waals surface area (Å²) in [5.41, 5.74) is 1.52. The zero-order valence-electron chi connectivity index (χ0n) is 21.8. The van der Waals surface area contributed by atoms with E-state index in [-0.39, 0.29) is 0 Å². The van der Waals surface area contributed by atoms with E-state index in [0.29, 0.717) is 10.8 Å². The van der Waals surface area contributed by atoms with E-state index < -0.39 is 11.2 Å². The number of allylic oxidation sites excluding steroid dienone is 1. The molecule has 0 spiro atoms. The normalized spacial score (nSPS) is 50.6.